The zero-order valence-electron chi connectivity index (χ0n) is 9.14. The third kappa shape index (κ3) is 3.41. The predicted molar refractivity (Wildman–Crippen MR) is 70.3 cm³/mol. The minimum atomic E-state index is -3.03. The van der Waals surface area contributed by atoms with Crippen molar-refractivity contribution in [3.05, 3.63) is 40.5 Å². The van der Waals surface area contributed by atoms with Gasteiger partial charge in [0.1, 0.15) is 0 Å². The predicted octanol–water partition coefficient (Wildman–Crippen LogP) is 2.38. The van der Waals surface area contributed by atoms with Gasteiger partial charge in [-0.15, -0.1) is 0 Å². The lowest BCUT2D eigenvalue weighted by Crippen LogP contribution is -2.00. The Hall–Kier alpha value is -1.14. The molecule has 1 heterocycles. The van der Waals surface area contributed by atoms with E-state index < -0.39 is 9.84 Å². The van der Waals surface area contributed by atoms with Crippen LogP contribution in [0.2, 0.25) is 0 Å². The van der Waals surface area contributed by atoms with Crippen molar-refractivity contribution in [2.24, 2.45) is 0 Å². The molecule has 0 radical (unpaired) electrons. The molecule has 90 valence electrons. The molecule has 0 atom stereocenters. The number of halogens is 1. The molecule has 4 nitrogen and oxygen atoms in total. The lowest BCUT2D eigenvalue weighted by Gasteiger charge is -1.95. The Morgan fingerprint density at radius 3 is 2.53 bits per heavy atom. The van der Waals surface area contributed by atoms with Gasteiger partial charge in [0, 0.05) is 16.3 Å². The van der Waals surface area contributed by atoms with Crippen LogP contribution in [0, 0.1) is 0 Å². The van der Waals surface area contributed by atoms with Gasteiger partial charge in [-0.1, -0.05) is 28.1 Å². The summed E-state index contributed by atoms with van der Waals surface area (Å²) in [5, 5.41) is 6.83. The Labute approximate surface area is 108 Å². The fourth-order valence-corrected chi connectivity index (χ4v) is 2.46. The topological polar surface area (TPSA) is 62.8 Å². The van der Waals surface area contributed by atoms with Crippen molar-refractivity contribution in [3.8, 4) is 11.3 Å². The lowest BCUT2D eigenvalue weighted by molar-refractivity contribution is 0.600. The summed E-state index contributed by atoms with van der Waals surface area (Å²) >= 11 is 3.36. The first-order valence-electron chi connectivity index (χ1n) is 4.92. The highest BCUT2D eigenvalue weighted by molar-refractivity contribution is 9.10. The van der Waals surface area contributed by atoms with E-state index in [0.717, 1.165) is 15.7 Å². The zero-order valence-corrected chi connectivity index (χ0v) is 11.5. The van der Waals surface area contributed by atoms with Crippen molar-refractivity contribution in [1.29, 1.82) is 0 Å². The number of nitrogens with one attached hydrogen (secondary N) is 1. The Morgan fingerprint density at radius 2 is 1.94 bits per heavy atom. The van der Waals surface area contributed by atoms with Crippen molar-refractivity contribution < 1.29 is 8.42 Å². The third-order valence-electron chi connectivity index (χ3n) is 2.19. The second-order valence-corrected chi connectivity index (χ2v) is 6.91. The first kappa shape index (κ1) is 12.3. The van der Waals surface area contributed by atoms with E-state index in [1.807, 2.05) is 24.3 Å². The summed E-state index contributed by atoms with van der Waals surface area (Å²) in [5.41, 5.74) is 2.30. The van der Waals surface area contributed by atoms with Crippen LogP contribution < -0.4 is 0 Å². The molecule has 1 aromatic heterocycles. The van der Waals surface area contributed by atoms with Crippen LogP contribution in [0.15, 0.2) is 34.8 Å². The molecule has 2 rings (SSSR count). The highest BCUT2D eigenvalue weighted by atomic mass is 79.9. The molecule has 0 unspecified atom stereocenters. The molecule has 0 amide bonds. The standard InChI is InChI=1S/C11H11BrN2O2S/c1-17(15,16)7-10-6-11(14-13-10)8-2-4-9(12)5-3-8/h2-6H,7H2,1H3,(H,13,14). The van der Waals surface area contributed by atoms with Crippen LogP contribution in [0.25, 0.3) is 11.3 Å². The molecule has 0 aliphatic rings. The molecule has 1 aromatic carbocycles. The number of aromatic amines is 1. The molecule has 6 heteroatoms. The molecule has 2 aromatic rings. The summed E-state index contributed by atoms with van der Waals surface area (Å²) in [6.45, 7) is 0. The fraction of sp³-hybridized carbons (Fsp3) is 0.182. The maximum Gasteiger partial charge on any atom is 0.153 e. The molecule has 0 bridgehead atoms. The number of nitrogens with zero attached hydrogens (tertiary/aromatic N) is 1. The van der Waals surface area contributed by atoms with Crippen molar-refractivity contribution in [3.63, 3.8) is 0 Å². The van der Waals surface area contributed by atoms with Gasteiger partial charge in [-0.25, -0.2) is 8.42 Å². The molecule has 0 aliphatic carbocycles. The van der Waals surface area contributed by atoms with Crippen LogP contribution >= 0.6 is 15.9 Å². The first-order valence-corrected chi connectivity index (χ1v) is 7.77. The highest BCUT2D eigenvalue weighted by Gasteiger charge is 2.09. The van der Waals surface area contributed by atoms with Gasteiger partial charge in [0.2, 0.25) is 0 Å². The van der Waals surface area contributed by atoms with Crippen LogP contribution in [0.1, 0.15) is 5.69 Å². The van der Waals surface area contributed by atoms with E-state index in [2.05, 4.69) is 26.1 Å². The van der Waals surface area contributed by atoms with Gasteiger partial charge < -0.3 is 0 Å². The second kappa shape index (κ2) is 4.62. The van der Waals surface area contributed by atoms with Crippen molar-refractivity contribution in [1.82, 2.24) is 10.2 Å². The number of benzene rings is 1. The number of H-pyrrole nitrogens is 1. The van der Waals surface area contributed by atoms with Gasteiger partial charge in [0.05, 0.1) is 17.1 Å². The van der Waals surface area contributed by atoms with E-state index in [-0.39, 0.29) is 5.75 Å². The molecular formula is C11H11BrN2O2S. The molecule has 17 heavy (non-hydrogen) atoms. The number of rotatable bonds is 3. The van der Waals surface area contributed by atoms with Gasteiger partial charge in [-0.2, -0.15) is 5.10 Å². The Bertz CT molecular complexity index is 617. The van der Waals surface area contributed by atoms with Crippen LogP contribution in [-0.4, -0.2) is 24.9 Å². The van der Waals surface area contributed by atoms with E-state index in [1.165, 1.54) is 6.26 Å². The fourth-order valence-electron chi connectivity index (χ4n) is 1.49. The SMILES string of the molecule is CS(=O)(=O)Cc1cc(-c2ccc(Br)cc2)n[nH]1. The normalized spacial score (nSPS) is 11.6. The van der Waals surface area contributed by atoms with E-state index >= 15 is 0 Å². The number of hydrogen-bond donors (Lipinski definition) is 1. The summed E-state index contributed by atoms with van der Waals surface area (Å²) in [6, 6.07) is 9.43. The van der Waals surface area contributed by atoms with E-state index in [1.54, 1.807) is 6.07 Å². The average molecular weight is 315 g/mol. The summed E-state index contributed by atoms with van der Waals surface area (Å²) in [5.74, 6) is -0.0173. The van der Waals surface area contributed by atoms with Crippen molar-refractivity contribution in [2.45, 2.75) is 5.75 Å². The van der Waals surface area contributed by atoms with Gasteiger partial charge in [0.15, 0.2) is 9.84 Å². The number of sulfone groups is 1. The molecule has 0 spiro atoms. The zero-order chi connectivity index (χ0) is 12.5. The summed E-state index contributed by atoms with van der Waals surface area (Å²) in [4.78, 5) is 0. The van der Waals surface area contributed by atoms with Crippen LogP contribution in [0.4, 0.5) is 0 Å². The molecule has 1 N–H and O–H groups in total. The first-order chi connectivity index (χ1) is 7.94. The highest BCUT2D eigenvalue weighted by Crippen LogP contribution is 2.20. The molecule has 0 saturated carbocycles. The minimum Gasteiger partial charge on any atom is -0.281 e. The van der Waals surface area contributed by atoms with E-state index in [0.29, 0.717) is 5.69 Å². The van der Waals surface area contributed by atoms with E-state index in [9.17, 15) is 8.42 Å². The van der Waals surface area contributed by atoms with Crippen LogP contribution in [0.3, 0.4) is 0 Å². The van der Waals surface area contributed by atoms with Gasteiger partial charge in [-0.05, 0) is 18.2 Å². The van der Waals surface area contributed by atoms with E-state index in [4.69, 9.17) is 0 Å². The number of hydrogen-bond acceptors (Lipinski definition) is 3. The summed E-state index contributed by atoms with van der Waals surface area (Å²) in [6.07, 6.45) is 1.20. The second-order valence-electron chi connectivity index (χ2n) is 3.86. The van der Waals surface area contributed by atoms with Crippen molar-refractivity contribution in [2.75, 3.05) is 6.26 Å². The molecule has 0 fully saturated rings. The third-order valence-corrected chi connectivity index (χ3v) is 3.55. The summed E-state index contributed by atoms with van der Waals surface area (Å²) in [7, 11) is -3.03. The number of aromatic nitrogens is 2. The van der Waals surface area contributed by atoms with Crippen LogP contribution in [0.5, 0.6) is 0 Å². The molecule has 0 saturated heterocycles. The monoisotopic (exact) mass is 314 g/mol. The lowest BCUT2D eigenvalue weighted by atomic mass is 10.1. The Kier molecular flexibility index (Phi) is 3.35. The Morgan fingerprint density at radius 1 is 1.29 bits per heavy atom. The molecular weight excluding hydrogens is 304 g/mol. The Balaban J connectivity index is 2.27. The smallest absolute Gasteiger partial charge is 0.153 e. The summed E-state index contributed by atoms with van der Waals surface area (Å²) < 4.78 is 23.3. The van der Waals surface area contributed by atoms with Gasteiger partial charge in [-0.3, -0.25) is 5.10 Å². The van der Waals surface area contributed by atoms with Gasteiger partial charge >= 0.3 is 0 Å². The van der Waals surface area contributed by atoms with Gasteiger partial charge in [0.25, 0.3) is 0 Å². The maximum atomic E-state index is 11.1. The maximum absolute atomic E-state index is 11.1. The quantitative estimate of drug-likeness (QED) is 0.946. The van der Waals surface area contributed by atoms with Crippen LogP contribution in [-0.2, 0) is 15.6 Å². The minimum absolute atomic E-state index is 0.0173. The van der Waals surface area contributed by atoms with Crippen molar-refractivity contribution >= 4 is 25.8 Å². The largest absolute Gasteiger partial charge is 0.281 e. The average Bonchev–Trinajstić information content (AvgIpc) is 2.64. The molecule has 0 aliphatic heterocycles.